The Hall–Kier alpha value is -2.63. The summed E-state index contributed by atoms with van der Waals surface area (Å²) in [7, 11) is 1.53. The molecule has 0 fully saturated rings. The number of aliphatic carboxylic acids is 1. The number of nitrogens with zero attached hydrogens (tertiary/aromatic N) is 1. The molecule has 0 bridgehead atoms. The third-order valence-electron chi connectivity index (χ3n) is 3.73. The van der Waals surface area contributed by atoms with Gasteiger partial charge in [0.1, 0.15) is 10.8 Å². The lowest BCUT2D eigenvalue weighted by Gasteiger charge is -2.08. The lowest BCUT2D eigenvalue weighted by atomic mass is 10.1. The van der Waals surface area contributed by atoms with E-state index in [9.17, 15) is 4.79 Å². The van der Waals surface area contributed by atoms with Crippen molar-refractivity contribution in [3.63, 3.8) is 0 Å². The summed E-state index contributed by atoms with van der Waals surface area (Å²) in [6, 6.07) is 13.0. The van der Waals surface area contributed by atoms with Crippen LogP contribution in [0.15, 0.2) is 47.8 Å². The first-order chi connectivity index (χ1) is 12.5. The van der Waals surface area contributed by atoms with Crippen molar-refractivity contribution in [2.24, 2.45) is 0 Å². The fourth-order valence-corrected chi connectivity index (χ4v) is 3.32. The van der Waals surface area contributed by atoms with E-state index in [2.05, 4.69) is 4.98 Å². The molecule has 1 aromatic heterocycles. The average Bonchev–Trinajstić information content (AvgIpc) is 3.10. The predicted octanol–water partition coefficient (Wildman–Crippen LogP) is 5.27. The van der Waals surface area contributed by atoms with Gasteiger partial charge < -0.3 is 9.84 Å². The van der Waals surface area contributed by atoms with Gasteiger partial charge in [-0.1, -0.05) is 29.8 Å². The lowest BCUT2D eigenvalue weighted by Crippen LogP contribution is -2.02. The van der Waals surface area contributed by atoms with Gasteiger partial charge in [-0.15, -0.1) is 11.3 Å². The lowest BCUT2D eigenvalue weighted by molar-refractivity contribution is -0.136. The summed E-state index contributed by atoms with van der Waals surface area (Å²) in [5.41, 5.74) is 3.34. The molecule has 132 valence electrons. The van der Waals surface area contributed by atoms with E-state index in [0.717, 1.165) is 21.8 Å². The number of benzene rings is 2. The Kier molecular flexibility index (Phi) is 5.71. The molecule has 3 aromatic rings. The normalized spacial score (nSPS) is 11.0. The second kappa shape index (κ2) is 8.17. The number of hydrogen-bond acceptors (Lipinski definition) is 4. The smallest absolute Gasteiger partial charge is 0.307 e. The van der Waals surface area contributed by atoms with Gasteiger partial charge >= 0.3 is 5.97 Å². The molecule has 1 heterocycles. The quantitative estimate of drug-likeness (QED) is 0.628. The van der Waals surface area contributed by atoms with Gasteiger partial charge in [0.15, 0.2) is 0 Å². The van der Waals surface area contributed by atoms with E-state index in [0.29, 0.717) is 16.3 Å². The van der Waals surface area contributed by atoms with Crippen molar-refractivity contribution in [1.82, 2.24) is 4.98 Å². The van der Waals surface area contributed by atoms with Crippen molar-refractivity contribution >= 4 is 41.1 Å². The Labute approximate surface area is 160 Å². The molecular weight excluding hydrogens is 370 g/mol. The average molecular weight is 386 g/mol. The van der Waals surface area contributed by atoms with Crippen LogP contribution in [0.5, 0.6) is 5.75 Å². The molecule has 2 aromatic carbocycles. The first-order valence-electron chi connectivity index (χ1n) is 7.83. The summed E-state index contributed by atoms with van der Waals surface area (Å²) in [5, 5.41) is 12.6. The van der Waals surface area contributed by atoms with Crippen LogP contribution in [0, 0.1) is 0 Å². The highest BCUT2D eigenvalue weighted by atomic mass is 35.5. The number of thiazole rings is 1. The van der Waals surface area contributed by atoms with Crippen molar-refractivity contribution in [2.45, 2.75) is 6.42 Å². The molecule has 1 N–H and O–H groups in total. The van der Waals surface area contributed by atoms with E-state index in [1.54, 1.807) is 6.07 Å². The molecule has 0 saturated heterocycles. The van der Waals surface area contributed by atoms with Crippen LogP contribution >= 0.6 is 22.9 Å². The molecule has 0 aliphatic rings. The topological polar surface area (TPSA) is 59.4 Å². The standard InChI is InChI=1S/C20H16ClNO3S/c1-25-18-8-5-14(10-15(18)11-20(23)24)17-12-26-19(22-17)9-4-13-2-6-16(21)7-3-13/h2-10,12H,11H2,1H3,(H,23,24). The van der Waals surface area contributed by atoms with Crippen LogP contribution in [0.3, 0.4) is 0 Å². The molecule has 6 heteroatoms. The maximum Gasteiger partial charge on any atom is 0.307 e. The van der Waals surface area contributed by atoms with Gasteiger partial charge in [0.05, 0.1) is 19.2 Å². The first-order valence-corrected chi connectivity index (χ1v) is 9.09. The maximum atomic E-state index is 11.0. The molecule has 0 aliphatic carbocycles. The minimum atomic E-state index is -0.898. The van der Waals surface area contributed by atoms with E-state index in [-0.39, 0.29) is 6.42 Å². The molecular formula is C20H16ClNO3S. The van der Waals surface area contributed by atoms with Crippen LogP contribution in [-0.2, 0) is 11.2 Å². The van der Waals surface area contributed by atoms with Gasteiger partial charge in [-0.05, 0) is 42.0 Å². The second-order valence-corrected chi connectivity index (χ2v) is 6.88. The van der Waals surface area contributed by atoms with Crippen LogP contribution in [0.1, 0.15) is 16.1 Å². The number of hydrogen-bond donors (Lipinski definition) is 1. The fraction of sp³-hybridized carbons (Fsp3) is 0.100. The van der Waals surface area contributed by atoms with Gasteiger partial charge in [0.25, 0.3) is 0 Å². The summed E-state index contributed by atoms with van der Waals surface area (Å²) in [6.07, 6.45) is 3.83. The molecule has 0 atom stereocenters. The van der Waals surface area contributed by atoms with Crippen molar-refractivity contribution in [1.29, 1.82) is 0 Å². The maximum absolute atomic E-state index is 11.0. The van der Waals surface area contributed by atoms with Gasteiger partial charge in [-0.2, -0.15) is 0 Å². The Balaban J connectivity index is 1.83. The first kappa shape index (κ1) is 18.2. The van der Waals surface area contributed by atoms with Gasteiger partial charge in [0, 0.05) is 21.5 Å². The number of ether oxygens (including phenoxy) is 1. The third-order valence-corrected chi connectivity index (χ3v) is 4.79. The molecule has 0 spiro atoms. The Morgan fingerprint density at radius 2 is 2.00 bits per heavy atom. The van der Waals surface area contributed by atoms with Crippen molar-refractivity contribution < 1.29 is 14.6 Å². The van der Waals surface area contributed by atoms with Gasteiger partial charge in [-0.25, -0.2) is 4.98 Å². The molecule has 0 radical (unpaired) electrons. The molecule has 0 aliphatic heterocycles. The summed E-state index contributed by atoms with van der Waals surface area (Å²) in [6.45, 7) is 0. The zero-order valence-electron chi connectivity index (χ0n) is 14.0. The third kappa shape index (κ3) is 4.50. The number of carbonyl (C=O) groups is 1. The molecule has 4 nitrogen and oxygen atoms in total. The van der Waals surface area contributed by atoms with E-state index in [1.807, 2.05) is 53.9 Å². The van der Waals surface area contributed by atoms with E-state index >= 15 is 0 Å². The Bertz CT molecular complexity index is 948. The van der Waals surface area contributed by atoms with E-state index < -0.39 is 5.97 Å². The number of rotatable bonds is 6. The number of aromatic nitrogens is 1. The molecule has 0 saturated carbocycles. The van der Waals surface area contributed by atoms with Crippen molar-refractivity contribution in [3.05, 3.63) is 69.0 Å². The van der Waals surface area contributed by atoms with Crippen LogP contribution < -0.4 is 4.74 Å². The highest BCUT2D eigenvalue weighted by Crippen LogP contribution is 2.28. The fourth-order valence-electron chi connectivity index (χ4n) is 2.48. The van der Waals surface area contributed by atoms with Gasteiger partial charge in [0.2, 0.25) is 0 Å². The number of halogens is 1. The monoisotopic (exact) mass is 385 g/mol. The Morgan fingerprint density at radius 3 is 2.69 bits per heavy atom. The van der Waals surface area contributed by atoms with Crippen molar-refractivity contribution in [2.75, 3.05) is 7.11 Å². The van der Waals surface area contributed by atoms with E-state index in [1.165, 1.54) is 18.4 Å². The number of carboxylic acids is 1. The Morgan fingerprint density at radius 1 is 1.23 bits per heavy atom. The van der Waals surface area contributed by atoms with Gasteiger partial charge in [-0.3, -0.25) is 4.79 Å². The second-order valence-electron chi connectivity index (χ2n) is 5.55. The largest absolute Gasteiger partial charge is 0.496 e. The van der Waals surface area contributed by atoms with E-state index in [4.69, 9.17) is 21.4 Å². The van der Waals surface area contributed by atoms with Crippen LogP contribution in [0.4, 0.5) is 0 Å². The molecule has 3 rings (SSSR count). The highest BCUT2D eigenvalue weighted by molar-refractivity contribution is 7.10. The van der Waals surface area contributed by atoms with Crippen LogP contribution in [-0.4, -0.2) is 23.2 Å². The highest BCUT2D eigenvalue weighted by Gasteiger charge is 2.11. The van der Waals surface area contributed by atoms with Crippen LogP contribution in [0.25, 0.3) is 23.4 Å². The zero-order valence-corrected chi connectivity index (χ0v) is 15.6. The number of carboxylic acid groups (broad SMARTS) is 1. The zero-order chi connectivity index (χ0) is 18.5. The van der Waals surface area contributed by atoms with Crippen molar-refractivity contribution in [3.8, 4) is 17.0 Å². The molecule has 0 unspecified atom stereocenters. The van der Waals surface area contributed by atoms with Crippen LogP contribution in [0.2, 0.25) is 5.02 Å². The SMILES string of the molecule is COc1ccc(-c2csc(C=Cc3ccc(Cl)cc3)n2)cc1CC(=O)O. The summed E-state index contributed by atoms with van der Waals surface area (Å²) in [5.74, 6) is -0.334. The summed E-state index contributed by atoms with van der Waals surface area (Å²) < 4.78 is 5.24. The summed E-state index contributed by atoms with van der Waals surface area (Å²) in [4.78, 5) is 15.6. The minimum absolute atomic E-state index is 0.0928. The minimum Gasteiger partial charge on any atom is -0.496 e. The molecule has 26 heavy (non-hydrogen) atoms. The summed E-state index contributed by atoms with van der Waals surface area (Å²) >= 11 is 7.41. The molecule has 0 amide bonds. The predicted molar refractivity (Wildman–Crippen MR) is 106 cm³/mol. The number of methoxy groups -OCH3 is 1.